The SMILES string of the molecule is CSC1(c2cc(N3CCOC[C@@H]3C)nc(-c3ccc(N)cc3)n2)CC1. The first-order valence-electron chi connectivity index (χ1n) is 8.76. The lowest BCUT2D eigenvalue weighted by molar-refractivity contribution is 0.0985. The molecule has 1 aromatic carbocycles. The quantitative estimate of drug-likeness (QED) is 0.848. The molecule has 4 rings (SSSR count). The number of nitrogens with two attached hydrogens (primary N) is 1. The topological polar surface area (TPSA) is 64.3 Å². The van der Waals surface area contributed by atoms with Gasteiger partial charge in [-0.2, -0.15) is 11.8 Å². The van der Waals surface area contributed by atoms with Gasteiger partial charge in [-0.1, -0.05) is 0 Å². The Kier molecular flexibility index (Phi) is 4.33. The summed E-state index contributed by atoms with van der Waals surface area (Å²) < 4.78 is 5.75. The molecule has 1 aliphatic carbocycles. The van der Waals surface area contributed by atoms with Crippen molar-refractivity contribution in [1.82, 2.24) is 9.97 Å². The molecule has 2 N–H and O–H groups in total. The fourth-order valence-electron chi connectivity index (χ4n) is 3.32. The van der Waals surface area contributed by atoms with Gasteiger partial charge in [0.1, 0.15) is 5.82 Å². The van der Waals surface area contributed by atoms with Crippen LogP contribution < -0.4 is 10.6 Å². The average Bonchev–Trinajstić information content (AvgIpc) is 3.44. The third-order valence-corrected chi connectivity index (χ3v) is 6.50. The fraction of sp³-hybridized carbons (Fsp3) is 0.474. The Morgan fingerprint density at radius 1 is 1.24 bits per heavy atom. The molecule has 0 unspecified atom stereocenters. The van der Waals surface area contributed by atoms with Crippen LogP contribution in [0.1, 0.15) is 25.5 Å². The first-order valence-corrected chi connectivity index (χ1v) is 9.99. The maximum Gasteiger partial charge on any atom is 0.161 e. The molecule has 0 radical (unpaired) electrons. The lowest BCUT2D eigenvalue weighted by atomic mass is 10.1. The van der Waals surface area contributed by atoms with Gasteiger partial charge in [-0.05, 0) is 50.3 Å². The predicted molar refractivity (Wildman–Crippen MR) is 104 cm³/mol. The summed E-state index contributed by atoms with van der Waals surface area (Å²) in [6, 6.07) is 10.3. The molecule has 0 bridgehead atoms. The van der Waals surface area contributed by atoms with Gasteiger partial charge in [-0.25, -0.2) is 9.97 Å². The summed E-state index contributed by atoms with van der Waals surface area (Å²) in [4.78, 5) is 12.2. The Hall–Kier alpha value is -1.79. The van der Waals surface area contributed by atoms with E-state index in [4.69, 9.17) is 20.4 Å². The molecule has 0 amide bonds. The number of morpholine rings is 1. The normalized spacial score (nSPS) is 22.0. The van der Waals surface area contributed by atoms with E-state index < -0.39 is 0 Å². The second-order valence-electron chi connectivity index (χ2n) is 6.87. The number of anilines is 2. The van der Waals surface area contributed by atoms with Crippen LogP contribution in [0, 0.1) is 0 Å². The molecule has 5 nitrogen and oxygen atoms in total. The molecular formula is C19H24N4OS. The number of thioether (sulfide) groups is 1. The van der Waals surface area contributed by atoms with E-state index in [0.29, 0.717) is 6.04 Å². The summed E-state index contributed by atoms with van der Waals surface area (Å²) in [6.07, 6.45) is 4.55. The number of hydrogen-bond acceptors (Lipinski definition) is 6. The van der Waals surface area contributed by atoms with E-state index >= 15 is 0 Å². The van der Waals surface area contributed by atoms with E-state index in [9.17, 15) is 0 Å². The first kappa shape index (κ1) is 16.7. The minimum Gasteiger partial charge on any atom is -0.399 e. The number of nitrogen functional groups attached to an aromatic ring is 1. The Labute approximate surface area is 153 Å². The zero-order chi connectivity index (χ0) is 17.4. The maximum atomic E-state index is 5.83. The highest BCUT2D eigenvalue weighted by molar-refractivity contribution is 7.99. The summed E-state index contributed by atoms with van der Waals surface area (Å²) >= 11 is 1.90. The molecule has 1 saturated carbocycles. The van der Waals surface area contributed by atoms with Crippen LogP contribution in [0.15, 0.2) is 30.3 Å². The zero-order valence-corrected chi connectivity index (χ0v) is 15.6. The highest BCUT2D eigenvalue weighted by Crippen LogP contribution is 2.55. The Bertz CT molecular complexity index is 761. The van der Waals surface area contributed by atoms with Crippen molar-refractivity contribution in [3.05, 3.63) is 36.0 Å². The number of rotatable bonds is 4. The largest absolute Gasteiger partial charge is 0.399 e. The van der Waals surface area contributed by atoms with E-state index in [2.05, 4.69) is 24.1 Å². The minimum atomic E-state index is 0.162. The van der Waals surface area contributed by atoms with Crippen molar-refractivity contribution in [1.29, 1.82) is 0 Å². The molecule has 2 aromatic rings. The van der Waals surface area contributed by atoms with E-state index in [1.807, 2.05) is 36.0 Å². The molecule has 25 heavy (non-hydrogen) atoms. The molecule has 1 aromatic heterocycles. The Morgan fingerprint density at radius 2 is 2.00 bits per heavy atom. The Morgan fingerprint density at radius 3 is 2.64 bits per heavy atom. The van der Waals surface area contributed by atoms with E-state index in [1.165, 1.54) is 12.8 Å². The number of hydrogen-bond donors (Lipinski definition) is 1. The van der Waals surface area contributed by atoms with Crippen molar-refractivity contribution in [2.75, 3.05) is 36.6 Å². The fourth-order valence-corrected chi connectivity index (χ4v) is 4.15. The van der Waals surface area contributed by atoms with Crippen molar-refractivity contribution in [2.45, 2.75) is 30.6 Å². The van der Waals surface area contributed by atoms with Crippen LogP contribution in [0.3, 0.4) is 0 Å². The minimum absolute atomic E-state index is 0.162. The smallest absolute Gasteiger partial charge is 0.161 e. The van der Waals surface area contributed by atoms with Crippen LogP contribution in [-0.2, 0) is 9.48 Å². The van der Waals surface area contributed by atoms with Gasteiger partial charge >= 0.3 is 0 Å². The lowest BCUT2D eigenvalue weighted by Crippen LogP contribution is -2.44. The third kappa shape index (κ3) is 3.20. The second kappa shape index (κ2) is 6.50. The monoisotopic (exact) mass is 356 g/mol. The van der Waals surface area contributed by atoms with Gasteiger partial charge in [0.05, 0.1) is 29.7 Å². The summed E-state index contributed by atoms with van der Waals surface area (Å²) in [5, 5.41) is 0. The van der Waals surface area contributed by atoms with Gasteiger partial charge in [0.25, 0.3) is 0 Å². The number of ether oxygens (including phenoxy) is 1. The second-order valence-corrected chi connectivity index (χ2v) is 8.06. The van der Waals surface area contributed by atoms with Crippen LogP contribution in [-0.4, -0.2) is 42.0 Å². The average molecular weight is 356 g/mol. The molecule has 6 heteroatoms. The molecule has 2 aliphatic rings. The molecular weight excluding hydrogens is 332 g/mol. The van der Waals surface area contributed by atoms with Crippen molar-refractivity contribution in [3.63, 3.8) is 0 Å². The molecule has 1 aliphatic heterocycles. The summed E-state index contributed by atoms with van der Waals surface area (Å²) in [6.45, 7) is 4.54. The van der Waals surface area contributed by atoms with Gasteiger partial charge in [-0.3, -0.25) is 0 Å². The van der Waals surface area contributed by atoms with Crippen LogP contribution in [0.5, 0.6) is 0 Å². The van der Waals surface area contributed by atoms with E-state index in [-0.39, 0.29) is 4.75 Å². The highest BCUT2D eigenvalue weighted by Gasteiger charge is 2.45. The molecule has 0 spiro atoms. The summed E-state index contributed by atoms with van der Waals surface area (Å²) in [7, 11) is 0. The van der Waals surface area contributed by atoms with Crippen LogP contribution in [0.4, 0.5) is 11.5 Å². The Balaban J connectivity index is 1.79. The van der Waals surface area contributed by atoms with Crippen molar-refractivity contribution in [2.24, 2.45) is 0 Å². The van der Waals surface area contributed by atoms with Gasteiger partial charge in [0.15, 0.2) is 5.82 Å². The van der Waals surface area contributed by atoms with Crippen molar-refractivity contribution >= 4 is 23.3 Å². The van der Waals surface area contributed by atoms with Crippen LogP contribution in [0.2, 0.25) is 0 Å². The number of aromatic nitrogens is 2. The molecule has 2 heterocycles. The van der Waals surface area contributed by atoms with Gasteiger partial charge < -0.3 is 15.4 Å². The highest BCUT2D eigenvalue weighted by atomic mass is 32.2. The summed E-state index contributed by atoms with van der Waals surface area (Å²) in [5.74, 6) is 1.79. The van der Waals surface area contributed by atoms with E-state index in [0.717, 1.165) is 48.3 Å². The van der Waals surface area contributed by atoms with Crippen molar-refractivity contribution in [3.8, 4) is 11.4 Å². The van der Waals surface area contributed by atoms with Crippen LogP contribution in [0.25, 0.3) is 11.4 Å². The zero-order valence-electron chi connectivity index (χ0n) is 14.7. The summed E-state index contributed by atoms with van der Waals surface area (Å²) in [5.41, 5.74) is 8.75. The number of nitrogens with zero attached hydrogens (tertiary/aromatic N) is 3. The van der Waals surface area contributed by atoms with Gasteiger partial charge in [0.2, 0.25) is 0 Å². The molecule has 1 atom stereocenters. The number of benzene rings is 1. The third-order valence-electron chi connectivity index (χ3n) is 5.11. The molecule has 132 valence electrons. The van der Waals surface area contributed by atoms with Crippen molar-refractivity contribution < 1.29 is 4.74 Å². The van der Waals surface area contributed by atoms with Gasteiger partial charge in [-0.15, -0.1) is 0 Å². The molecule has 2 fully saturated rings. The van der Waals surface area contributed by atoms with E-state index in [1.54, 1.807) is 0 Å². The van der Waals surface area contributed by atoms with Gasteiger partial charge in [0, 0.05) is 23.9 Å². The standard InChI is InChI=1S/C19H24N4OS/c1-13-12-24-10-9-23(13)17-11-16(19(25-2)7-8-19)21-18(22-17)14-3-5-15(20)6-4-14/h3-6,11,13H,7-10,12,20H2,1-2H3/t13-/m0/s1. The predicted octanol–water partition coefficient (Wildman–Crippen LogP) is 3.30. The first-order chi connectivity index (χ1) is 12.1. The lowest BCUT2D eigenvalue weighted by Gasteiger charge is -2.34. The van der Waals surface area contributed by atoms with Crippen LogP contribution >= 0.6 is 11.8 Å². The molecule has 1 saturated heterocycles. The maximum absolute atomic E-state index is 5.83.